The van der Waals surface area contributed by atoms with Crippen molar-refractivity contribution in [1.82, 2.24) is 14.7 Å². The van der Waals surface area contributed by atoms with Crippen LogP contribution in [0.4, 0.5) is 0 Å². The van der Waals surface area contributed by atoms with E-state index in [0.717, 1.165) is 19.6 Å². The lowest BCUT2D eigenvalue weighted by atomic mass is 10.0. The fourth-order valence-corrected chi connectivity index (χ4v) is 2.40. The Morgan fingerprint density at radius 2 is 1.74 bits per heavy atom. The molecule has 1 saturated heterocycles. The molecule has 0 N–H and O–H groups in total. The molecule has 0 aromatic rings. The van der Waals surface area contributed by atoms with Gasteiger partial charge in [-0.1, -0.05) is 0 Å². The molecular weight excluding hydrogens is 242 g/mol. The Kier molecular flexibility index (Phi) is 6.45. The summed E-state index contributed by atoms with van der Waals surface area (Å²) >= 11 is 0. The summed E-state index contributed by atoms with van der Waals surface area (Å²) in [6.45, 7) is 5.31. The number of likely N-dealkylation sites (tertiary alicyclic amines) is 1. The summed E-state index contributed by atoms with van der Waals surface area (Å²) in [5.41, 5.74) is 0. The molecule has 0 radical (unpaired) electrons. The van der Waals surface area contributed by atoms with Crippen LogP contribution < -0.4 is 0 Å². The van der Waals surface area contributed by atoms with E-state index >= 15 is 0 Å². The van der Waals surface area contributed by atoms with Crippen LogP contribution in [0, 0.1) is 0 Å². The van der Waals surface area contributed by atoms with Gasteiger partial charge in [0.25, 0.3) is 0 Å². The van der Waals surface area contributed by atoms with Gasteiger partial charge < -0.3 is 14.7 Å². The first kappa shape index (κ1) is 16.1. The second kappa shape index (κ2) is 7.60. The van der Waals surface area contributed by atoms with E-state index in [1.807, 2.05) is 0 Å². The molecule has 1 rings (SSSR count). The fourth-order valence-electron chi connectivity index (χ4n) is 2.40. The number of hydrogen-bond donors (Lipinski definition) is 0. The zero-order valence-electron chi connectivity index (χ0n) is 12.7. The van der Waals surface area contributed by atoms with Crippen molar-refractivity contribution in [2.75, 3.05) is 47.3 Å². The number of likely N-dealkylation sites (N-methyl/N-ethyl adjacent to an activating group) is 2. The molecule has 0 aromatic heterocycles. The molecule has 0 unspecified atom stereocenters. The average Bonchev–Trinajstić information content (AvgIpc) is 2.35. The number of hydrogen-bond acceptors (Lipinski definition) is 4. The normalized spacial score (nSPS) is 17.7. The molecular formula is C14H27N3O2. The minimum Gasteiger partial charge on any atom is -0.344 e. The van der Waals surface area contributed by atoms with Gasteiger partial charge in [0.15, 0.2) is 0 Å². The standard InChI is InChI=1S/C14H27N3O2/c1-12(18)11-14(19)17(4)10-9-16(3)13-5-7-15(2)8-6-13/h13H,5-11H2,1-4H3. The molecule has 110 valence electrons. The van der Waals surface area contributed by atoms with E-state index in [0.29, 0.717) is 12.6 Å². The summed E-state index contributed by atoms with van der Waals surface area (Å²) in [6, 6.07) is 0.618. The highest BCUT2D eigenvalue weighted by Crippen LogP contribution is 2.13. The number of rotatable bonds is 6. The van der Waals surface area contributed by atoms with Crippen LogP contribution in [-0.4, -0.2) is 79.8 Å². The molecule has 5 nitrogen and oxygen atoms in total. The van der Waals surface area contributed by atoms with Gasteiger partial charge >= 0.3 is 0 Å². The SMILES string of the molecule is CC(=O)CC(=O)N(C)CCN(C)C1CCN(C)CC1. The van der Waals surface area contributed by atoms with E-state index in [1.165, 1.54) is 19.8 Å². The van der Waals surface area contributed by atoms with E-state index in [2.05, 4.69) is 23.9 Å². The summed E-state index contributed by atoms with van der Waals surface area (Å²) in [5, 5.41) is 0. The molecule has 1 aliphatic rings. The third-order valence-electron chi connectivity index (χ3n) is 3.93. The van der Waals surface area contributed by atoms with Crippen LogP contribution in [0.5, 0.6) is 0 Å². The van der Waals surface area contributed by atoms with Gasteiger partial charge in [-0.05, 0) is 47.0 Å². The number of carbonyl (C=O) groups excluding carboxylic acids is 2. The molecule has 0 bridgehead atoms. The maximum Gasteiger partial charge on any atom is 0.229 e. The van der Waals surface area contributed by atoms with Gasteiger partial charge in [-0.15, -0.1) is 0 Å². The third-order valence-corrected chi connectivity index (χ3v) is 3.93. The Hall–Kier alpha value is -0.940. The number of carbonyl (C=O) groups is 2. The Balaban J connectivity index is 2.27. The number of piperidine rings is 1. The fraction of sp³-hybridized carbons (Fsp3) is 0.857. The van der Waals surface area contributed by atoms with Crippen molar-refractivity contribution in [3.8, 4) is 0 Å². The van der Waals surface area contributed by atoms with Gasteiger partial charge in [0.1, 0.15) is 5.78 Å². The number of ketones is 1. The van der Waals surface area contributed by atoms with Gasteiger partial charge in [0.2, 0.25) is 5.91 Å². The average molecular weight is 269 g/mol. The second-order valence-corrected chi connectivity index (χ2v) is 5.71. The van der Waals surface area contributed by atoms with Crippen molar-refractivity contribution in [3.05, 3.63) is 0 Å². The number of nitrogens with zero attached hydrogens (tertiary/aromatic N) is 3. The molecule has 0 saturated carbocycles. The van der Waals surface area contributed by atoms with E-state index in [1.54, 1.807) is 11.9 Å². The zero-order valence-corrected chi connectivity index (χ0v) is 12.7. The monoisotopic (exact) mass is 269 g/mol. The van der Waals surface area contributed by atoms with E-state index in [-0.39, 0.29) is 18.1 Å². The summed E-state index contributed by atoms with van der Waals surface area (Å²) in [4.78, 5) is 28.9. The van der Waals surface area contributed by atoms with Crippen LogP contribution in [-0.2, 0) is 9.59 Å². The number of amides is 1. The molecule has 1 heterocycles. The molecule has 19 heavy (non-hydrogen) atoms. The minimum atomic E-state index is -0.0794. The van der Waals surface area contributed by atoms with Crippen molar-refractivity contribution < 1.29 is 9.59 Å². The molecule has 1 amide bonds. The van der Waals surface area contributed by atoms with Gasteiger partial charge in [-0.2, -0.15) is 0 Å². The van der Waals surface area contributed by atoms with Crippen LogP contribution in [0.25, 0.3) is 0 Å². The van der Waals surface area contributed by atoms with Crippen LogP contribution in [0.3, 0.4) is 0 Å². The first-order valence-corrected chi connectivity index (χ1v) is 7.02. The van der Waals surface area contributed by atoms with Crippen molar-refractivity contribution in [3.63, 3.8) is 0 Å². The highest BCUT2D eigenvalue weighted by molar-refractivity contribution is 5.96. The quantitative estimate of drug-likeness (QED) is 0.657. The lowest BCUT2D eigenvalue weighted by Crippen LogP contribution is -2.44. The Morgan fingerprint density at radius 3 is 2.26 bits per heavy atom. The predicted octanol–water partition coefficient (Wildman–Crippen LogP) is 0.450. The zero-order chi connectivity index (χ0) is 14.4. The molecule has 5 heteroatoms. The number of Topliss-reactive ketones (excluding diaryl/α,β-unsaturated/α-hetero) is 1. The lowest BCUT2D eigenvalue weighted by molar-refractivity contribution is -0.133. The maximum absolute atomic E-state index is 11.7. The van der Waals surface area contributed by atoms with Gasteiger partial charge in [-0.25, -0.2) is 0 Å². The van der Waals surface area contributed by atoms with Gasteiger partial charge in [0.05, 0.1) is 6.42 Å². The van der Waals surface area contributed by atoms with Crippen molar-refractivity contribution in [2.24, 2.45) is 0 Å². The smallest absolute Gasteiger partial charge is 0.229 e. The first-order chi connectivity index (χ1) is 8.90. The highest BCUT2D eigenvalue weighted by atomic mass is 16.2. The molecule has 1 aliphatic heterocycles. The van der Waals surface area contributed by atoms with Crippen LogP contribution in [0.1, 0.15) is 26.2 Å². The van der Waals surface area contributed by atoms with Crippen molar-refractivity contribution >= 4 is 11.7 Å². The predicted molar refractivity (Wildman–Crippen MR) is 76.1 cm³/mol. The van der Waals surface area contributed by atoms with Crippen LogP contribution in [0.15, 0.2) is 0 Å². The first-order valence-electron chi connectivity index (χ1n) is 7.02. The van der Waals surface area contributed by atoms with E-state index in [9.17, 15) is 9.59 Å². The summed E-state index contributed by atoms with van der Waals surface area (Å²) in [7, 11) is 6.05. The molecule has 0 atom stereocenters. The topological polar surface area (TPSA) is 43.9 Å². The van der Waals surface area contributed by atoms with Crippen LogP contribution >= 0.6 is 0 Å². The Labute approximate surface area is 116 Å². The second-order valence-electron chi connectivity index (χ2n) is 5.71. The van der Waals surface area contributed by atoms with Crippen molar-refractivity contribution in [1.29, 1.82) is 0 Å². The third kappa shape index (κ3) is 5.70. The van der Waals surface area contributed by atoms with E-state index in [4.69, 9.17) is 0 Å². The van der Waals surface area contributed by atoms with Gasteiger partial charge in [0, 0.05) is 26.2 Å². The molecule has 1 fully saturated rings. The lowest BCUT2D eigenvalue weighted by Gasteiger charge is -2.35. The van der Waals surface area contributed by atoms with E-state index < -0.39 is 0 Å². The van der Waals surface area contributed by atoms with Crippen molar-refractivity contribution in [2.45, 2.75) is 32.2 Å². The van der Waals surface area contributed by atoms with Gasteiger partial charge in [-0.3, -0.25) is 9.59 Å². The Morgan fingerprint density at radius 1 is 1.16 bits per heavy atom. The summed E-state index contributed by atoms with van der Waals surface area (Å²) < 4.78 is 0. The largest absolute Gasteiger partial charge is 0.344 e. The maximum atomic E-state index is 11.7. The van der Waals surface area contributed by atoms with Crippen LogP contribution in [0.2, 0.25) is 0 Å². The highest BCUT2D eigenvalue weighted by Gasteiger charge is 2.21. The Bertz CT molecular complexity index is 312. The minimum absolute atomic E-state index is 0.0223. The molecule has 0 spiro atoms. The summed E-state index contributed by atoms with van der Waals surface area (Å²) in [5.74, 6) is -0.148. The molecule has 0 aromatic carbocycles. The molecule has 0 aliphatic carbocycles. The summed E-state index contributed by atoms with van der Waals surface area (Å²) in [6.07, 6.45) is 2.41.